The summed E-state index contributed by atoms with van der Waals surface area (Å²) in [5.74, 6) is 0.623. The number of anilines is 1. The number of carbonyl (C=O) groups excluding carboxylic acids is 1. The van der Waals surface area contributed by atoms with Gasteiger partial charge in [0.25, 0.3) is 5.91 Å². The molecular formula is C19H23N3O2. The van der Waals surface area contributed by atoms with Gasteiger partial charge in [-0.2, -0.15) is 5.10 Å². The zero-order valence-electron chi connectivity index (χ0n) is 14.1. The maximum atomic E-state index is 11.9. The first-order valence-corrected chi connectivity index (χ1v) is 8.10. The summed E-state index contributed by atoms with van der Waals surface area (Å²) in [6, 6.07) is 17.3. The van der Waals surface area contributed by atoms with E-state index in [1.165, 1.54) is 0 Å². The van der Waals surface area contributed by atoms with E-state index in [2.05, 4.69) is 15.8 Å². The van der Waals surface area contributed by atoms with Gasteiger partial charge in [-0.15, -0.1) is 0 Å². The standard InChI is InChI=1S/C19H23N3O2/c1-3-18(15-8-6-5-7-9-15)21-22-19(23)14-20-16-10-12-17(13-11-16)24-4-2/h5-13,20H,3-4,14H2,1-2H3,(H,22,23)/b21-18+. The lowest BCUT2D eigenvalue weighted by atomic mass is 10.1. The number of benzene rings is 2. The predicted octanol–water partition coefficient (Wildman–Crippen LogP) is 3.43. The van der Waals surface area contributed by atoms with Gasteiger partial charge in [-0.1, -0.05) is 37.3 Å². The molecule has 0 atom stereocenters. The topological polar surface area (TPSA) is 62.7 Å². The lowest BCUT2D eigenvalue weighted by Crippen LogP contribution is -2.27. The van der Waals surface area contributed by atoms with Crippen LogP contribution >= 0.6 is 0 Å². The number of nitrogens with zero attached hydrogens (tertiary/aromatic N) is 1. The SMILES string of the molecule is CCOc1ccc(NCC(=O)N/N=C(\CC)c2ccccc2)cc1. The van der Waals surface area contributed by atoms with Crippen molar-refractivity contribution < 1.29 is 9.53 Å². The molecule has 2 aromatic carbocycles. The maximum absolute atomic E-state index is 11.9. The normalized spacial score (nSPS) is 11.0. The van der Waals surface area contributed by atoms with Crippen LogP contribution in [-0.4, -0.2) is 24.8 Å². The van der Waals surface area contributed by atoms with E-state index < -0.39 is 0 Å². The number of hydrogen-bond donors (Lipinski definition) is 2. The lowest BCUT2D eigenvalue weighted by Gasteiger charge is -2.08. The number of ether oxygens (including phenoxy) is 1. The third-order valence-corrected chi connectivity index (χ3v) is 3.38. The molecule has 2 N–H and O–H groups in total. The van der Waals surface area contributed by atoms with Crippen LogP contribution in [0.2, 0.25) is 0 Å². The number of amides is 1. The largest absolute Gasteiger partial charge is 0.494 e. The molecule has 0 radical (unpaired) electrons. The highest BCUT2D eigenvalue weighted by Crippen LogP contribution is 2.15. The molecule has 5 nitrogen and oxygen atoms in total. The molecule has 0 fully saturated rings. The second-order valence-corrected chi connectivity index (χ2v) is 5.12. The molecule has 2 aromatic rings. The Labute approximate surface area is 142 Å². The molecule has 0 unspecified atom stereocenters. The fourth-order valence-corrected chi connectivity index (χ4v) is 2.17. The van der Waals surface area contributed by atoms with Crippen LogP contribution in [-0.2, 0) is 4.79 Å². The van der Waals surface area contributed by atoms with E-state index in [-0.39, 0.29) is 12.5 Å². The summed E-state index contributed by atoms with van der Waals surface area (Å²) in [5.41, 5.74) is 5.32. The lowest BCUT2D eigenvalue weighted by molar-refractivity contribution is -0.119. The van der Waals surface area contributed by atoms with Crippen LogP contribution in [0.3, 0.4) is 0 Å². The fraction of sp³-hybridized carbons (Fsp3) is 0.263. The Morgan fingerprint density at radius 1 is 1.04 bits per heavy atom. The molecule has 0 aliphatic carbocycles. The van der Waals surface area contributed by atoms with Gasteiger partial charge < -0.3 is 10.1 Å². The van der Waals surface area contributed by atoms with Crippen molar-refractivity contribution in [3.8, 4) is 5.75 Å². The number of carbonyl (C=O) groups is 1. The van der Waals surface area contributed by atoms with Gasteiger partial charge in [-0.05, 0) is 43.2 Å². The minimum atomic E-state index is -0.189. The summed E-state index contributed by atoms with van der Waals surface area (Å²) in [5, 5.41) is 7.28. The number of rotatable bonds is 8. The quantitative estimate of drug-likeness (QED) is 0.577. The van der Waals surface area contributed by atoms with Crippen molar-refractivity contribution in [3.63, 3.8) is 0 Å². The Bertz CT molecular complexity index is 667. The zero-order valence-corrected chi connectivity index (χ0v) is 14.1. The molecule has 0 saturated heterocycles. The molecular weight excluding hydrogens is 302 g/mol. The molecule has 1 amide bonds. The number of hydrazone groups is 1. The Balaban J connectivity index is 1.85. The van der Waals surface area contributed by atoms with Crippen molar-refractivity contribution in [1.82, 2.24) is 5.43 Å². The van der Waals surface area contributed by atoms with Gasteiger partial charge in [-0.3, -0.25) is 4.79 Å². The van der Waals surface area contributed by atoms with Crippen molar-refractivity contribution in [2.24, 2.45) is 5.10 Å². The van der Waals surface area contributed by atoms with E-state index >= 15 is 0 Å². The van der Waals surface area contributed by atoms with E-state index in [0.29, 0.717) is 6.61 Å². The molecule has 0 spiro atoms. The molecule has 2 rings (SSSR count). The smallest absolute Gasteiger partial charge is 0.259 e. The fourth-order valence-electron chi connectivity index (χ4n) is 2.17. The van der Waals surface area contributed by atoms with Gasteiger partial charge in [-0.25, -0.2) is 5.43 Å². The molecule has 5 heteroatoms. The van der Waals surface area contributed by atoms with Crippen LogP contribution in [0, 0.1) is 0 Å². The van der Waals surface area contributed by atoms with Crippen LogP contribution in [0.25, 0.3) is 0 Å². The third kappa shape index (κ3) is 5.43. The first-order valence-electron chi connectivity index (χ1n) is 8.10. The van der Waals surface area contributed by atoms with Gasteiger partial charge in [0.15, 0.2) is 0 Å². The molecule has 126 valence electrons. The average molecular weight is 325 g/mol. The highest BCUT2D eigenvalue weighted by Gasteiger charge is 2.03. The van der Waals surface area contributed by atoms with Crippen molar-refractivity contribution in [3.05, 3.63) is 60.2 Å². The molecule has 0 saturated carbocycles. The Hall–Kier alpha value is -2.82. The van der Waals surface area contributed by atoms with Crippen LogP contribution in [0.1, 0.15) is 25.8 Å². The molecule has 0 bridgehead atoms. The van der Waals surface area contributed by atoms with Crippen molar-refractivity contribution in [2.45, 2.75) is 20.3 Å². The zero-order chi connectivity index (χ0) is 17.2. The maximum Gasteiger partial charge on any atom is 0.259 e. The molecule has 0 aromatic heterocycles. The van der Waals surface area contributed by atoms with Crippen molar-refractivity contribution >= 4 is 17.3 Å². The average Bonchev–Trinajstić information content (AvgIpc) is 2.63. The summed E-state index contributed by atoms with van der Waals surface area (Å²) in [6.07, 6.45) is 0.747. The first-order chi connectivity index (χ1) is 11.7. The van der Waals surface area contributed by atoms with Gasteiger partial charge in [0.05, 0.1) is 18.9 Å². The monoisotopic (exact) mass is 325 g/mol. The highest BCUT2D eigenvalue weighted by atomic mass is 16.5. The van der Waals surface area contributed by atoms with Crippen LogP contribution in [0.5, 0.6) is 5.75 Å². The first kappa shape index (κ1) is 17.5. The highest BCUT2D eigenvalue weighted by molar-refractivity contribution is 6.00. The second kappa shape index (κ2) is 9.35. The van der Waals surface area contributed by atoms with Gasteiger partial charge >= 0.3 is 0 Å². The summed E-state index contributed by atoms with van der Waals surface area (Å²) >= 11 is 0. The summed E-state index contributed by atoms with van der Waals surface area (Å²) in [4.78, 5) is 11.9. The summed E-state index contributed by atoms with van der Waals surface area (Å²) in [7, 11) is 0. The number of nitrogens with one attached hydrogen (secondary N) is 2. The predicted molar refractivity (Wildman–Crippen MR) is 97.5 cm³/mol. The van der Waals surface area contributed by atoms with E-state index in [1.807, 2.05) is 68.4 Å². The van der Waals surface area contributed by atoms with E-state index in [1.54, 1.807) is 0 Å². The minimum absolute atomic E-state index is 0.156. The van der Waals surface area contributed by atoms with Gasteiger partial charge in [0.1, 0.15) is 5.75 Å². The van der Waals surface area contributed by atoms with Crippen LogP contribution < -0.4 is 15.5 Å². The Morgan fingerprint density at radius 3 is 2.38 bits per heavy atom. The molecule has 0 aliphatic rings. The number of hydrogen-bond acceptors (Lipinski definition) is 4. The molecule has 0 heterocycles. The third-order valence-electron chi connectivity index (χ3n) is 3.38. The molecule has 24 heavy (non-hydrogen) atoms. The van der Waals surface area contributed by atoms with E-state index in [9.17, 15) is 4.79 Å². The van der Waals surface area contributed by atoms with Crippen molar-refractivity contribution in [2.75, 3.05) is 18.5 Å². The Kier molecular flexibility index (Phi) is 6.83. The molecule has 0 aliphatic heterocycles. The van der Waals surface area contributed by atoms with E-state index in [4.69, 9.17) is 4.74 Å². The van der Waals surface area contributed by atoms with Gasteiger partial charge in [0, 0.05) is 5.69 Å². The van der Waals surface area contributed by atoms with Crippen LogP contribution in [0.15, 0.2) is 59.7 Å². The summed E-state index contributed by atoms with van der Waals surface area (Å²) < 4.78 is 5.38. The van der Waals surface area contributed by atoms with Crippen LogP contribution in [0.4, 0.5) is 5.69 Å². The van der Waals surface area contributed by atoms with Gasteiger partial charge in [0.2, 0.25) is 0 Å². The minimum Gasteiger partial charge on any atom is -0.494 e. The Morgan fingerprint density at radius 2 is 1.75 bits per heavy atom. The van der Waals surface area contributed by atoms with Crippen molar-refractivity contribution in [1.29, 1.82) is 0 Å². The second-order valence-electron chi connectivity index (χ2n) is 5.12. The summed E-state index contributed by atoms with van der Waals surface area (Å²) in [6.45, 7) is 4.74. The van der Waals surface area contributed by atoms with E-state index in [0.717, 1.165) is 29.1 Å².